The van der Waals surface area contributed by atoms with E-state index in [0.29, 0.717) is 0 Å². The molecule has 0 spiro atoms. The summed E-state index contributed by atoms with van der Waals surface area (Å²) >= 11 is 0. The van der Waals surface area contributed by atoms with Gasteiger partial charge in [0.15, 0.2) is 0 Å². The van der Waals surface area contributed by atoms with Gasteiger partial charge in [-0.25, -0.2) is 4.79 Å². The average molecular weight is 126 g/mol. The number of ether oxygens (including phenoxy) is 1. The molecule has 3 heteroatoms. The van der Waals surface area contributed by atoms with E-state index >= 15 is 0 Å². The molecular weight excluding hydrogens is 120 g/mol. The van der Waals surface area contributed by atoms with Crippen LogP contribution in [0, 0.1) is 5.92 Å². The van der Waals surface area contributed by atoms with E-state index in [1.54, 1.807) is 6.08 Å². The van der Waals surface area contributed by atoms with Crippen molar-refractivity contribution in [3.63, 3.8) is 0 Å². The van der Waals surface area contributed by atoms with Gasteiger partial charge in [-0.2, -0.15) is 0 Å². The second-order valence-corrected chi connectivity index (χ2v) is 1.79. The maximum atomic E-state index is 10.3. The molecule has 48 valence electrons. The first-order chi connectivity index (χ1) is 4.33. The first kappa shape index (κ1) is 6.01. The number of cyclic esters (lactones) is 1. The Kier molecular flexibility index (Phi) is 1.63. The Balaban J connectivity index is 2.57. The van der Waals surface area contributed by atoms with E-state index in [0.717, 1.165) is 6.29 Å². The molecule has 1 rings (SSSR count). The summed E-state index contributed by atoms with van der Waals surface area (Å²) in [6.07, 6.45) is 3.56. The normalized spacial score (nSPS) is 25.3. The Morgan fingerprint density at radius 1 is 1.78 bits per heavy atom. The third-order valence-corrected chi connectivity index (χ3v) is 1.07. The first-order valence-electron chi connectivity index (χ1n) is 2.63. The number of hydrogen-bond donors (Lipinski definition) is 0. The molecule has 0 saturated heterocycles. The molecule has 3 nitrogen and oxygen atoms in total. The predicted octanol–water partition coefficient (Wildman–Crippen LogP) is -0.0855. The summed E-state index contributed by atoms with van der Waals surface area (Å²) in [5.41, 5.74) is 0. The van der Waals surface area contributed by atoms with Crippen LogP contribution in [-0.2, 0) is 14.3 Å². The van der Waals surface area contributed by atoms with Crippen molar-refractivity contribution in [1.29, 1.82) is 0 Å². The van der Waals surface area contributed by atoms with Crippen LogP contribution in [0.1, 0.15) is 0 Å². The first-order valence-corrected chi connectivity index (χ1v) is 2.63. The van der Waals surface area contributed by atoms with Gasteiger partial charge < -0.3 is 9.53 Å². The fourth-order valence-electron chi connectivity index (χ4n) is 0.569. The molecule has 9 heavy (non-hydrogen) atoms. The SMILES string of the molecule is O=CC1C=CC(=O)OC1. The summed E-state index contributed by atoms with van der Waals surface area (Å²) in [4.78, 5) is 20.3. The van der Waals surface area contributed by atoms with Crippen LogP contribution < -0.4 is 0 Å². The van der Waals surface area contributed by atoms with E-state index in [9.17, 15) is 9.59 Å². The molecule has 1 aliphatic rings. The minimum atomic E-state index is -0.367. The largest absolute Gasteiger partial charge is 0.461 e. The Bertz CT molecular complexity index is 160. The second kappa shape index (κ2) is 2.44. The zero-order valence-electron chi connectivity index (χ0n) is 4.74. The molecule has 0 radical (unpaired) electrons. The topological polar surface area (TPSA) is 43.4 Å². The van der Waals surface area contributed by atoms with E-state index in [1.165, 1.54) is 6.08 Å². The number of aldehydes is 1. The van der Waals surface area contributed by atoms with Gasteiger partial charge in [-0.1, -0.05) is 6.08 Å². The van der Waals surface area contributed by atoms with Gasteiger partial charge >= 0.3 is 5.97 Å². The van der Waals surface area contributed by atoms with Crippen molar-refractivity contribution < 1.29 is 14.3 Å². The van der Waals surface area contributed by atoms with E-state index < -0.39 is 0 Å². The summed E-state index contributed by atoms with van der Waals surface area (Å²) < 4.78 is 4.52. The summed E-state index contributed by atoms with van der Waals surface area (Å²) in [5, 5.41) is 0. The molecule has 0 amide bonds. The van der Waals surface area contributed by atoms with Crippen molar-refractivity contribution in [3.8, 4) is 0 Å². The zero-order chi connectivity index (χ0) is 6.69. The van der Waals surface area contributed by atoms with Gasteiger partial charge in [-0.3, -0.25) is 0 Å². The molecule has 0 bridgehead atoms. The lowest BCUT2D eigenvalue weighted by Gasteiger charge is -2.09. The van der Waals surface area contributed by atoms with Gasteiger partial charge in [0.1, 0.15) is 12.9 Å². The molecule has 0 aromatic carbocycles. The van der Waals surface area contributed by atoms with Crippen molar-refractivity contribution in [2.45, 2.75) is 0 Å². The molecule has 0 aromatic rings. The summed E-state index contributed by atoms with van der Waals surface area (Å²) in [6.45, 7) is 0.193. The standard InChI is InChI=1S/C6H6O3/c7-3-5-1-2-6(8)9-4-5/h1-3,5H,4H2. The van der Waals surface area contributed by atoms with Crippen molar-refractivity contribution in [1.82, 2.24) is 0 Å². The van der Waals surface area contributed by atoms with Gasteiger partial charge in [-0.05, 0) is 0 Å². The highest BCUT2D eigenvalue weighted by atomic mass is 16.5. The number of hydrogen-bond acceptors (Lipinski definition) is 3. The molecule has 1 unspecified atom stereocenters. The van der Waals surface area contributed by atoms with E-state index in [-0.39, 0.29) is 18.5 Å². The lowest BCUT2D eigenvalue weighted by atomic mass is 10.1. The van der Waals surface area contributed by atoms with Crippen LogP contribution in [0.5, 0.6) is 0 Å². The van der Waals surface area contributed by atoms with E-state index in [4.69, 9.17) is 0 Å². The van der Waals surface area contributed by atoms with Crippen LogP contribution >= 0.6 is 0 Å². The molecule has 0 aliphatic carbocycles. The Labute approximate surface area is 52.3 Å². The van der Waals surface area contributed by atoms with Crippen molar-refractivity contribution in [3.05, 3.63) is 12.2 Å². The third-order valence-electron chi connectivity index (χ3n) is 1.07. The molecule has 1 aliphatic heterocycles. The number of carbonyl (C=O) groups excluding carboxylic acids is 2. The summed E-state index contributed by atoms with van der Waals surface area (Å²) in [5.74, 6) is -0.601. The second-order valence-electron chi connectivity index (χ2n) is 1.79. The lowest BCUT2D eigenvalue weighted by Crippen LogP contribution is -2.16. The third kappa shape index (κ3) is 1.38. The van der Waals surface area contributed by atoms with Crippen LogP contribution in [0.25, 0.3) is 0 Å². The molecule has 0 aromatic heterocycles. The van der Waals surface area contributed by atoms with Gasteiger partial charge in [0, 0.05) is 6.08 Å². The van der Waals surface area contributed by atoms with Crippen molar-refractivity contribution in [2.24, 2.45) is 5.92 Å². The lowest BCUT2D eigenvalue weighted by molar-refractivity contribution is -0.140. The highest BCUT2D eigenvalue weighted by molar-refractivity contribution is 5.84. The fourth-order valence-corrected chi connectivity index (χ4v) is 0.569. The summed E-state index contributed by atoms with van der Waals surface area (Å²) in [6, 6.07) is 0. The van der Waals surface area contributed by atoms with Gasteiger partial charge in [0.2, 0.25) is 0 Å². The maximum absolute atomic E-state index is 10.3. The van der Waals surface area contributed by atoms with E-state index in [2.05, 4.69) is 4.74 Å². The zero-order valence-corrected chi connectivity index (χ0v) is 4.74. The number of rotatable bonds is 1. The Morgan fingerprint density at radius 3 is 3.00 bits per heavy atom. The van der Waals surface area contributed by atoms with Crippen LogP contribution in [0.15, 0.2) is 12.2 Å². The van der Waals surface area contributed by atoms with Crippen LogP contribution in [0.4, 0.5) is 0 Å². The average Bonchev–Trinajstić information content (AvgIpc) is 1.90. The van der Waals surface area contributed by atoms with Gasteiger partial charge in [-0.15, -0.1) is 0 Å². The molecule has 0 N–H and O–H groups in total. The molecule has 1 atom stereocenters. The quantitative estimate of drug-likeness (QED) is 0.364. The predicted molar refractivity (Wildman–Crippen MR) is 29.7 cm³/mol. The molecule has 1 heterocycles. The highest BCUT2D eigenvalue weighted by Gasteiger charge is 2.11. The van der Waals surface area contributed by atoms with Crippen LogP contribution in [0.3, 0.4) is 0 Å². The maximum Gasteiger partial charge on any atom is 0.330 e. The van der Waals surface area contributed by atoms with Crippen LogP contribution in [0.2, 0.25) is 0 Å². The van der Waals surface area contributed by atoms with Gasteiger partial charge in [0.25, 0.3) is 0 Å². The van der Waals surface area contributed by atoms with Gasteiger partial charge in [0.05, 0.1) is 5.92 Å². The fraction of sp³-hybridized carbons (Fsp3) is 0.333. The Morgan fingerprint density at radius 2 is 2.56 bits per heavy atom. The number of carbonyl (C=O) groups is 2. The minimum Gasteiger partial charge on any atom is -0.461 e. The van der Waals surface area contributed by atoms with Crippen molar-refractivity contribution in [2.75, 3.05) is 6.61 Å². The highest BCUT2D eigenvalue weighted by Crippen LogP contribution is 2.02. The van der Waals surface area contributed by atoms with Crippen molar-refractivity contribution >= 4 is 12.3 Å². The number of esters is 1. The van der Waals surface area contributed by atoms with Crippen LogP contribution in [-0.4, -0.2) is 18.9 Å². The molecule has 0 saturated carbocycles. The summed E-state index contributed by atoms with van der Waals surface area (Å²) in [7, 11) is 0. The smallest absolute Gasteiger partial charge is 0.330 e. The monoisotopic (exact) mass is 126 g/mol. The van der Waals surface area contributed by atoms with E-state index in [1.807, 2.05) is 0 Å². The minimum absolute atomic E-state index is 0.193. The molecule has 0 fully saturated rings. The Hall–Kier alpha value is -1.12. The molecular formula is C6H6O3.